The van der Waals surface area contributed by atoms with Gasteiger partial charge in [0.1, 0.15) is 0 Å². The lowest BCUT2D eigenvalue weighted by atomic mass is 9.83. The summed E-state index contributed by atoms with van der Waals surface area (Å²) in [6.07, 6.45) is 3.97. The lowest BCUT2D eigenvalue weighted by Crippen LogP contribution is -2.28. The zero-order valence-corrected chi connectivity index (χ0v) is 16.6. The molecule has 0 saturated heterocycles. The Morgan fingerprint density at radius 3 is 2.54 bits per heavy atom. The van der Waals surface area contributed by atoms with Gasteiger partial charge in [0.25, 0.3) is 10.0 Å². The Morgan fingerprint density at radius 2 is 1.82 bits per heavy atom. The molecule has 1 amide bonds. The van der Waals surface area contributed by atoms with Crippen LogP contribution in [0.15, 0.2) is 65.0 Å². The van der Waals surface area contributed by atoms with Gasteiger partial charge in [-0.1, -0.05) is 24.3 Å². The van der Waals surface area contributed by atoms with Crippen molar-refractivity contribution in [2.75, 3.05) is 10.0 Å². The molecular formula is C20H19N3O3S2. The Bertz CT molecular complexity index is 1080. The molecule has 1 aromatic heterocycles. The zero-order chi connectivity index (χ0) is 19.6. The van der Waals surface area contributed by atoms with E-state index >= 15 is 0 Å². The lowest BCUT2D eigenvalue weighted by molar-refractivity contribution is -0.120. The highest BCUT2D eigenvalue weighted by Crippen LogP contribution is 2.27. The van der Waals surface area contributed by atoms with Crippen LogP contribution >= 0.6 is 11.3 Å². The van der Waals surface area contributed by atoms with E-state index in [1.807, 2.05) is 12.1 Å². The Balaban J connectivity index is 1.41. The second kappa shape index (κ2) is 7.73. The second-order valence-electron chi connectivity index (χ2n) is 6.66. The second-order valence-corrected chi connectivity index (χ2v) is 9.24. The van der Waals surface area contributed by atoms with Crippen LogP contribution in [0, 0.1) is 5.92 Å². The number of benzene rings is 2. The van der Waals surface area contributed by atoms with Crippen molar-refractivity contribution in [3.05, 3.63) is 71.2 Å². The minimum Gasteiger partial charge on any atom is -0.326 e. The molecule has 1 atom stereocenters. The minimum absolute atomic E-state index is 0.0361. The van der Waals surface area contributed by atoms with Crippen molar-refractivity contribution in [3.63, 3.8) is 0 Å². The summed E-state index contributed by atoms with van der Waals surface area (Å²) in [5.41, 5.74) is 3.12. The van der Waals surface area contributed by atoms with Gasteiger partial charge in [-0.05, 0) is 54.7 Å². The average molecular weight is 414 g/mol. The summed E-state index contributed by atoms with van der Waals surface area (Å²) in [4.78, 5) is 16.7. The normalized spacial score (nSPS) is 16.2. The van der Waals surface area contributed by atoms with Crippen LogP contribution in [0.25, 0.3) is 0 Å². The van der Waals surface area contributed by atoms with Gasteiger partial charge in [-0.3, -0.25) is 9.52 Å². The monoisotopic (exact) mass is 413 g/mol. The van der Waals surface area contributed by atoms with Gasteiger partial charge in [0.05, 0.1) is 4.90 Å². The molecule has 2 N–H and O–H groups in total. The van der Waals surface area contributed by atoms with Gasteiger partial charge < -0.3 is 5.32 Å². The molecule has 0 radical (unpaired) electrons. The van der Waals surface area contributed by atoms with E-state index in [1.54, 1.807) is 17.5 Å². The topological polar surface area (TPSA) is 88.2 Å². The molecule has 6 nitrogen and oxygen atoms in total. The van der Waals surface area contributed by atoms with Crippen LogP contribution in [0.1, 0.15) is 17.5 Å². The zero-order valence-electron chi connectivity index (χ0n) is 15.0. The van der Waals surface area contributed by atoms with E-state index in [2.05, 4.69) is 27.2 Å². The van der Waals surface area contributed by atoms with E-state index in [-0.39, 0.29) is 16.7 Å². The number of amides is 1. The standard InChI is InChI=1S/C20H19N3O3S2/c24-19(16-6-5-14-3-1-2-4-15(14)13-16)22-17-7-9-18(10-8-17)28(25,26)23-20-21-11-12-27-20/h1-4,7-12,16H,5-6,13H2,(H,21,23)(H,22,24). The van der Waals surface area contributed by atoms with E-state index in [4.69, 9.17) is 0 Å². The number of carbonyl (C=O) groups excluding carboxylic acids is 1. The molecule has 2 aromatic carbocycles. The van der Waals surface area contributed by atoms with Gasteiger partial charge in [0.15, 0.2) is 5.13 Å². The number of hydrogen-bond donors (Lipinski definition) is 2. The maximum atomic E-state index is 12.6. The molecule has 144 valence electrons. The number of sulfonamides is 1. The largest absolute Gasteiger partial charge is 0.326 e. The van der Waals surface area contributed by atoms with E-state index in [0.717, 1.165) is 19.3 Å². The van der Waals surface area contributed by atoms with Crippen molar-refractivity contribution < 1.29 is 13.2 Å². The number of aryl methyl sites for hydroxylation is 1. The van der Waals surface area contributed by atoms with Crippen molar-refractivity contribution in [2.45, 2.75) is 24.2 Å². The molecule has 1 aliphatic carbocycles. The van der Waals surface area contributed by atoms with E-state index in [1.165, 1.54) is 40.8 Å². The first-order chi connectivity index (χ1) is 13.5. The first kappa shape index (κ1) is 18.6. The average Bonchev–Trinajstić information content (AvgIpc) is 3.20. The highest BCUT2D eigenvalue weighted by Gasteiger charge is 2.24. The predicted octanol–water partition coefficient (Wildman–Crippen LogP) is 3.69. The Kier molecular flexibility index (Phi) is 5.15. The Labute approximate surface area is 167 Å². The summed E-state index contributed by atoms with van der Waals surface area (Å²) in [6.45, 7) is 0. The Hall–Kier alpha value is -2.71. The number of nitrogens with zero attached hydrogens (tertiary/aromatic N) is 1. The van der Waals surface area contributed by atoms with Gasteiger partial charge in [-0.2, -0.15) is 0 Å². The number of carbonyl (C=O) groups is 1. The van der Waals surface area contributed by atoms with Gasteiger partial charge in [0, 0.05) is 23.2 Å². The molecule has 0 saturated carbocycles. The van der Waals surface area contributed by atoms with Crippen molar-refractivity contribution in [2.24, 2.45) is 5.92 Å². The summed E-state index contributed by atoms with van der Waals surface area (Å²) >= 11 is 1.21. The van der Waals surface area contributed by atoms with E-state index in [0.29, 0.717) is 10.8 Å². The fourth-order valence-corrected chi connectivity index (χ4v) is 5.12. The first-order valence-electron chi connectivity index (χ1n) is 8.91. The van der Waals surface area contributed by atoms with Crippen LogP contribution in [0.3, 0.4) is 0 Å². The van der Waals surface area contributed by atoms with Crippen LogP contribution in [-0.2, 0) is 27.7 Å². The number of anilines is 2. The molecule has 28 heavy (non-hydrogen) atoms. The summed E-state index contributed by atoms with van der Waals surface area (Å²) in [5, 5.41) is 4.91. The van der Waals surface area contributed by atoms with Crippen LogP contribution in [0.4, 0.5) is 10.8 Å². The van der Waals surface area contributed by atoms with Crippen molar-refractivity contribution in [1.29, 1.82) is 0 Å². The van der Waals surface area contributed by atoms with Gasteiger partial charge in [-0.25, -0.2) is 13.4 Å². The van der Waals surface area contributed by atoms with Crippen molar-refractivity contribution in [1.82, 2.24) is 4.98 Å². The van der Waals surface area contributed by atoms with Gasteiger partial charge in [-0.15, -0.1) is 11.3 Å². The lowest BCUT2D eigenvalue weighted by Gasteiger charge is -2.23. The summed E-state index contributed by atoms with van der Waals surface area (Å²) in [7, 11) is -3.70. The van der Waals surface area contributed by atoms with Gasteiger partial charge >= 0.3 is 0 Å². The summed E-state index contributed by atoms with van der Waals surface area (Å²) in [6, 6.07) is 14.4. The third-order valence-electron chi connectivity index (χ3n) is 4.80. The van der Waals surface area contributed by atoms with E-state index < -0.39 is 10.0 Å². The molecule has 4 rings (SSSR count). The summed E-state index contributed by atoms with van der Waals surface area (Å²) in [5.74, 6) is -0.115. The molecule has 0 fully saturated rings. The van der Waals surface area contributed by atoms with Crippen LogP contribution in [0.5, 0.6) is 0 Å². The number of nitrogens with one attached hydrogen (secondary N) is 2. The first-order valence-corrected chi connectivity index (χ1v) is 11.3. The Morgan fingerprint density at radius 1 is 1.07 bits per heavy atom. The highest BCUT2D eigenvalue weighted by molar-refractivity contribution is 7.93. The maximum absolute atomic E-state index is 12.6. The molecule has 0 spiro atoms. The predicted molar refractivity (Wildman–Crippen MR) is 110 cm³/mol. The number of aromatic nitrogens is 1. The number of rotatable bonds is 5. The SMILES string of the molecule is O=C(Nc1ccc(S(=O)(=O)Nc2nccs2)cc1)C1CCc2ccccc2C1. The molecule has 1 aliphatic rings. The quantitative estimate of drug-likeness (QED) is 0.668. The van der Waals surface area contributed by atoms with Crippen LogP contribution < -0.4 is 10.0 Å². The number of hydrogen-bond acceptors (Lipinski definition) is 5. The molecule has 1 heterocycles. The molecule has 3 aromatic rings. The van der Waals surface area contributed by atoms with Crippen LogP contribution in [0.2, 0.25) is 0 Å². The minimum atomic E-state index is -3.70. The maximum Gasteiger partial charge on any atom is 0.263 e. The third-order valence-corrected chi connectivity index (χ3v) is 6.98. The van der Waals surface area contributed by atoms with Gasteiger partial charge in [0.2, 0.25) is 5.91 Å². The molecule has 0 bridgehead atoms. The fraction of sp³-hybridized carbons (Fsp3) is 0.200. The van der Waals surface area contributed by atoms with Crippen LogP contribution in [-0.4, -0.2) is 19.3 Å². The molecule has 8 heteroatoms. The number of thiazole rings is 1. The molecule has 0 aliphatic heterocycles. The summed E-state index contributed by atoms with van der Waals surface area (Å²) < 4.78 is 27.2. The molecular weight excluding hydrogens is 394 g/mol. The number of fused-ring (bicyclic) bond motifs is 1. The highest BCUT2D eigenvalue weighted by atomic mass is 32.2. The fourth-order valence-electron chi connectivity index (χ4n) is 3.33. The van der Waals surface area contributed by atoms with E-state index in [9.17, 15) is 13.2 Å². The molecule has 1 unspecified atom stereocenters. The van der Waals surface area contributed by atoms with Crippen molar-refractivity contribution in [3.8, 4) is 0 Å². The third kappa shape index (κ3) is 4.07. The smallest absolute Gasteiger partial charge is 0.263 e. The van der Waals surface area contributed by atoms with Crippen molar-refractivity contribution >= 4 is 38.1 Å².